The summed E-state index contributed by atoms with van der Waals surface area (Å²) in [5, 5.41) is 3.05. The quantitative estimate of drug-likeness (QED) is 0.517. The van der Waals surface area contributed by atoms with Gasteiger partial charge in [0, 0.05) is 30.8 Å². The molecule has 2 unspecified atom stereocenters. The van der Waals surface area contributed by atoms with Crippen molar-refractivity contribution < 1.29 is 18.4 Å². The third-order valence-electron chi connectivity index (χ3n) is 5.51. The van der Waals surface area contributed by atoms with E-state index in [-0.39, 0.29) is 28.5 Å². The van der Waals surface area contributed by atoms with Crippen molar-refractivity contribution in [3.63, 3.8) is 0 Å². The van der Waals surface area contributed by atoms with Crippen LogP contribution in [-0.4, -0.2) is 34.8 Å². The topological polar surface area (TPSA) is 75.2 Å². The van der Waals surface area contributed by atoms with Gasteiger partial charge in [0.25, 0.3) is 6.43 Å². The highest BCUT2D eigenvalue weighted by molar-refractivity contribution is 6.34. The van der Waals surface area contributed by atoms with E-state index < -0.39 is 18.9 Å². The van der Waals surface area contributed by atoms with Crippen LogP contribution in [0.5, 0.6) is 0 Å². The van der Waals surface area contributed by atoms with Crippen molar-refractivity contribution in [3.05, 3.63) is 71.6 Å². The van der Waals surface area contributed by atoms with E-state index in [2.05, 4.69) is 15.3 Å². The van der Waals surface area contributed by atoms with Gasteiger partial charge >= 0.3 is 0 Å². The lowest BCUT2D eigenvalue weighted by molar-refractivity contribution is -0.118. The molecule has 1 fully saturated rings. The minimum atomic E-state index is -2.68. The molecular formula is C24H21ClF2N4O2. The lowest BCUT2D eigenvalue weighted by Crippen LogP contribution is -2.33. The maximum absolute atomic E-state index is 12.8. The molecule has 3 aromatic rings. The second-order valence-corrected chi connectivity index (χ2v) is 8.25. The van der Waals surface area contributed by atoms with Crippen LogP contribution in [0.3, 0.4) is 0 Å². The Kier molecular flexibility index (Phi) is 6.65. The van der Waals surface area contributed by atoms with Gasteiger partial charge in [-0.05, 0) is 48.2 Å². The maximum Gasteiger partial charge on any atom is 0.256 e. The van der Waals surface area contributed by atoms with E-state index in [0.29, 0.717) is 16.9 Å². The van der Waals surface area contributed by atoms with E-state index in [1.54, 1.807) is 42.9 Å². The molecule has 0 spiro atoms. The maximum atomic E-state index is 12.8. The molecule has 170 valence electrons. The first kappa shape index (κ1) is 22.8. The van der Waals surface area contributed by atoms with Gasteiger partial charge in [-0.2, -0.15) is 0 Å². The van der Waals surface area contributed by atoms with Gasteiger partial charge in [0.15, 0.2) is 0 Å². The van der Waals surface area contributed by atoms with Crippen molar-refractivity contribution in [2.45, 2.75) is 25.7 Å². The fraction of sp³-hybridized carbons (Fsp3) is 0.250. The fourth-order valence-corrected chi connectivity index (χ4v) is 4.02. The molecule has 1 N–H and O–H groups in total. The van der Waals surface area contributed by atoms with Gasteiger partial charge in [-0.1, -0.05) is 23.7 Å². The molecule has 1 aromatic carbocycles. The van der Waals surface area contributed by atoms with E-state index in [1.165, 1.54) is 13.0 Å². The Bertz CT molecular complexity index is 1160. The first-order valence-electron chi connectivity index (χ1n) is 10.4. The molecule has 0 saturated heterocycles. The minimum Gasteiger partial charge on any atom is -0.324 e. The molecule has 2 heterocycles. The summed E-state index contributed by atoms with van der Waals surface area (Å²) in [6.45, 7) is 0.478. The first-order valence-corrected chi connectivity index (χ1v) is 10.7. The molecule has 9 heteroatoms. The van der Waals surface area contributed by atoms with Gasteiger partial charge in [-0.3, -0.25) is 19.6 Å². The number of alkyl halides is 2. The standard InChI is InChI=1S/C24H21ClF2N4O2/c1-14(32)31(13-23(26)27)22-7-4-15(9-20(22)25)21-6-5-17(12-29-21)30-24(33)19-10-18(19)16-3-2-8-28-11-16/h2-9,11-12,18-19,23H,10,13H2,1H3,(H,30,33). The number of hydrogen-bond donors (Lipinski definition) is 1. The van der Waals surface area contributed by atoms with Gasteiger partial charge < -0.3 is 10.2 Å². The van der Waals surface area contributed by atoms with Crippen LogP contribution < -0.4 is 10.2 Å². The number of carbonyl (C=O) groups is 2. The van der Waals surface area contributed by atoms with Crippen LogP contribution in [-0.2, 0) is 9.59 Å². The third-order valence-corrected chi connectivity index (χ3v) is 5.81. The first-order chi connectivity index (χ1) is 15.8. The van der Waals surface area contributed by atoms with Crippen LogP contribution in [0.15, 0.2) is 61.1 Å². The number of anilines is 2. The summed E-state index contributed by atoms with van der Waals surface area (Å²) < 4.78 is 25.6. The fourth-order valence-electron chi connectivity index (χ4n) is 3.74. The average Bonchev–Trinajstić information content (AvgIpc) is 3.60. The van der Waals surface area contributed by atoms with Crippen molar-refractivity contribution in [3.8, 4) is 11.3 Å². The smallest absolute Gasteiger partial charge is 0.256 e. The van der Waals surface area contributed by atoms with Crippen LogP contribution >= 0.6 is 11.6 Å². The van der Waals surface area contributed by atoms with Gasteiger partial charge in [0.2, 0.25) is 11.8 Å². The highest BCUT2D eigenvalue weighted by atomic mass is 35.5. The summed E-state index contributed by atoms with van der Waals surface area (Å²) in [7, 11) is 0. The predicted octanol–water partition coefficient (Wildman–Crippen LogP) is 5.16. The van der Waals surface area contributed by atoms with Crippen LogP contribution in [0.1, 0.15) is 24.8 Å². The number of rotatable bonds is 7. The molecule has 6 nitrogen and oxygen atoms in total. The number of carbonyl (C=O) groups excluding carboxylic acids is 2. The molecular weight excluding hydrogens is 450 g/mol. The van der Waals surface area contributed by atoms with Crippen molar-refractivity contribution in [2.24, 2.45) is 5.92 Å². The molecule has 1 aliphatic carbocycles. The summed E-state index contributed by atoms with van der Waals surface area (Å²) in [5.41, 5.74) is 3.08. The number of amides is 2. The lowest BCUT2D eigenvalue weighted by Gasteiger charge is -2.22. The average molecular weight is 471 g/mol. The largest absolute Gasteiger partial charge is 0.324 e. The van der Waals surface area contributed by atoms with Crippen LogP contribution in [0.25, 0.3) is 11.3 Å². The highest BCUT2D eigenvalue weighted by Gasteiger charge is 2.44. The van der Waals surface area contributed by atoms with Gasteiger partial charge in [-0.25, -0.2) is 8.78 Å². The van der Waals surface area contributed by atoms with Gasteiger partial charge in [-0.15, -0.1) is 0 Å². The Labute approximate surface area is 194 Å². The van der Waals surface area contributed by atoms with Crippen molar-refractivity contribution in [1.82, 2.24) is 9.97 Å². The zero-order chi connectivity index (χ0) is 23.5. The number of benzene rings is 1. The van der Waals surface area contributed by atoms with Crippen LogP contribution in [0.2, 0.25) is 5.02 Å². The Morgan fingerprint density at radius 1 is 1.21 bits per heavy atom. The molecule has 2 atom stereocenters. The minimum absolute atomic E-state index is 0.0610. The Morgan fingerprint density at radius 3 is 2.64 bits per heavy atom. The monoisotopic (exact) mass is 470 g/mol. The normalized spacial score (nSPS) is 17.0. The summed E-state index contributed by atoms with van der Waals surface area (Å²) in [6, 6.07) is 12.1. The zero-order valence-electron chi connectivity index (χ0n) is 17.7. The third kappa shape index (κ3) is 5.34. The molecule has 2 amide bonds. The van der Waals surface area contributed by atoms with Gasteiger partial charge in [0.05, 0.1) is 34.8 Å². The number of hydrogen-bond acceptors (Lipinski definition) is 4. The lowest BCUT2D eigenvalue weighted by atomic mass is 10.1. The van der Waals surface area contributed by atoms with Crippen LogP contribution in [0.4, 0.5) is 20.2 Å². The zero-order valence-corrected chi connectivity index (χ0v) is 18.5. The van der Waals surface area contributed by atoms with Crippen molar-refractivity contribution in [1.29, 1.82) is 0 Å². The summed E-state index contributed by atoms with van der Waals surface area (Å²) in [4.78, 5) is 33.7. The number of aromatic nitrogens is 2. The predicted molar refractivity (Wildman–Crippen MR) is 122 cm³/mol. The van der Waals surface area contributed by atoms with Crippen LogP contribution in [0, 0.1) is 5.92 Å². The van der Waals surface area contributed by atoms with Crippen molar-refractivity contribution in [2.75, 3.05) is 16.8 Å². The Morgan fingerprint density at radius 2 is 2.03 bits per heavy atom. The molecule has 2 aromatic heterocycles. The van der Waals surface area contributed by atoms with E-state index in [9.17, 15) is 18.4 Å². The molecule has 1 saturated carbocycles. The molecule has 0 bridgehead atoms. The molecule has 4 rings (SSSR count). The summed E-state index contributed by atoms with van der Waals surface area (Å²) >= 11 is 6.28. The highest BCUT2D eigenvalue weighted by Crippen LogP contribution is 2.47. The van der Waals surface area contributed by atoms with E-state index in [0.717, 1.165) is 16.9 Å². The second-order valence-electron chi connectivity index (χ2n) is 7.84. The molecule has 0 aliphatic heterocycles. The second kappa shape index (κ2) is 9.62. The Balaban J connectivity index is 1.42. The van der Waals surface area contributed by atoms with E-state index in [4.69, 9.17) is 11.6 Å². The Hall–Kier alpha value is -3.39. The SMILES string of the molecule is CC(=O)N(CC(F)F)c1ccc(-c2ccc(NC(=O)C3CC3c3cccnc3)cn2)cc1Cl. The molecule has 1 aliphatic rings. The number of nitrogens with one attached hydrogen (secondary N) is 1. The van der Waals surface area contributed by atoms with E-state index >= 15 is 0 Å². The molecule has 33 heavy (non-hydrogen) atoms. The summed E-state index contributed by atoms with van der Waals surface area (Å²) in [5.74, 6) is -0.484. The van der Waals surface area contributed by atoms with Gasteiger partial charge in [0.1, 0.15) is 0 Å². The number of nitrogens with zero attached hydrogens (tertiary/aromatic N) is 3. The summed E-state index contributed by atoms with van der Waals surface area (Å²) in [6.07, 6.45) is 3.15. The van der Waals surface area contributed by atoms with Crippen molar-refractivity contribution >= 4 is 34.8 Å². The number of halogens is 3. The van der Waals surface area contributed by atoms with E-state index in [1.807, 2.05) is 12.1 Å². The molecule has 0 radical (unpaired) electrons. The number of pyridine rings is 2.